The zero-order valence-electron chi connectivity index (χ0n) is 19.2. The Labute approximate surface area is 185 Å². The molecule has 0 bridgehead atoms. The average Bonchev–Trinajstić information content (AvgIpc) is 3.18. The second-order valence-corrected chi connectivity index (χ2v) is 9.20. The van der Waals surface area contributed by atoms with Gasteiger partial charge in [0.05, 0.1) is 12.3 Å². The molecule has 3 heterocycles. The Bertz CT molecular complexity index is 875. The minimum atomic E-state index is -0.447. The molecule has 170 valence electrons. The first kappa shape index (κ1) is 22.1. The lowest BCUT2D eigenvalue weighted by Gasteiger charge is -2.50. The number of ether oxygens (including phenoxy) is 1. The monoisotopic (exact) mass is 427 g/mol. The van der Waals surface area contributed by atoms with Crippen molar-refractivity contribution in [3.63, 3.8) is 0 Å². The maximum Gasteiger partial charge on any atom is 0.160 e. The summed E-state index contributed by atoms with van der Waals surface area (Å²) >= 11 is 0. The van der Waals surface area contributed by atoms with E-state index in [2.05, 4.69) is 35.0 Å². The Kier molecular flexibility index (Phi) is 6.52. The maximum atomic E-state index is 6.95. The SMILES string of the molecule is CC(C)Oc1ccccc1CN1C(N)N(C2CCCNC2)c2c(C(C)C)cnn2C1N. The van der Waals surface area contributed by atoms with Crippen molar-refractivity contribution in [2.75, 3.05) is 18.0 Å². The second-order valence-electron chi connectivity index (χ2n) is 9.20. The third-order valence-corrected chi connectivity index (χ3v) is 6.23. The zero-order chi connectivity index (χ0) is 22.1. The average molecular weight is 428 g/mol. The van der Waals surface area contributed by atoms with Crippen molar-refractivity contribution in [2.24, 2.45) is 11.5 Å². The van der Waals surface area contributed by atoms with Gasteiger partial charge in [-0.2, -0.15) is 5.10 Å². The Balaban J connectivity index is 1.72. The normalized spacial score (nSPS) is 24.6. The Morgan fingerprint density at radius 1 is 1.16 bits per heavy atom. The fourth-order valence-corrected chi connectivity index (χ4v) is 4.67. The minimum Gasteiger partial charge on any atom is -0.491 e. The van der Waals surface area contributed by atoms with Crippen LogP contribution in [0.1, 0.15) is 63.9 Å². The summed E-state index contributed by atoms with van der Waals surface area (Å²) in [6, 6.07) is 8.42. The first-order chi connectivity index (χ1) is 14.9. The molecular formula is C23H37N7O. The number of para-hydroxylation sites is 1. The molecular weight excluding hydrogens is 390 g/mol. The lowest BCUT2D eigenvalue weighted by Crippen LogP contribution is -2.66. The van der Waals surface area contributed by atoms with Gasteiger partial charge in [0.1, 0.15) is 17.9 Å². The summed E-state index contributed by atoms with van der Waals surface area (Å²) in [5.74, 6) is 2.28. The number of benzene rings is 1. The standard InChI is InChI=1S/C23H37N7O/c1-15(2)19-13-27-30-21(19)29(18-9-7-11-26-12-18)22(24)28(23(30)25)14-17-8-5-6-10-20(17)31-16(3)4/h5-6,8,10,13,15-16,18,22-23,26H,7,9,11-12,14,24-25H2,1-4H3. The van der Waals surface area contributed by atoms with E-state index in [1.165, 1.54) is 5.56 Å². The van der Waals surface area contributed by atoms with E-state index in [-0.39, 0.29) is 12.4 Å². The van der Waals surface area contributed by atoms with Gasteiger partial charge in [0, 0.05) is 30.3 Å². The molecule has 1 saturated heterocycles. The number of rotatable bonds is 6. The number of hydrogen-bond donors (Lipinski definition) is 3. The highest BCUT2D eigenvalue weighted by molar-refractivity contribution is 5.52. The van der Waals surface area contributed by atoms with Gasteiger partial charge < -0.3 is 15.0 Å². The third-order valence-electron chi connectivity index (χ3n) is 6.23. The fraction of sp³-hybridized carbons (Fsp3) is 0.609. The third kappa shape index (κ3) is 4.30. The molecule has 1 aromatic carbocycles. The highest BCUT2D eigenvalue weighted by Crippen LogP contribution is 2.38. The van der Waals surface area contributed by atoms with Crippen LogP contribution in [0.25, 0.3) is 0 Å². The molecule has 31 heavy (non-hydrogen) atoms. The van der Waals surface area contributed by atoms with Crippen LogP contribution in [0.2, 0.25) is 0 Å². The van der Waals surface area contributed by atoms with E-state index < -0.39 is 6.29 Å². The number of hydrogen-bond acceptors (Lipinski definition) is 7. The quantitative estimate of drug-likeness (QED) is 0.652. The van der Waals surface area contributed by atoms with Gasteiger partial charge in [-0.15, -0.1) is 0 Å². The Morgan fingerprint density at radius 2 is 1.94 bits per heavy atom. The zero-order valence-corrected chi connectivity index (χ0v) is 19.2. The molecule has 1 fully saturated rings. The van der Waals surface area contributed by atoms with Crippen LogP contribution < -0.4 is 26.4 Å². The van der Waals surface area contributed by atoms with Crippen LogP contribution in [0.4, 0.5) is 5.82 Å². The molecule has 0 radical (unpaired) electrons. The Morgan fingerprint density at radius 3 is 2.61 bits per heavy atom. The van der Waals surface area contributed by atoms with E-state index in [9.17, 15) is 0 Å². The molecule has 2 aliphatic rings. The van der Waals surface area contributed by atoms with Gasteiger partial charge in [0.25, 0.3) is 0 Å². The van der Waals surface area contributed by atoms with E-state index in [1.807, 2.05) is 42.9 Å². The molecule has 0 saturated carbocycles. The van der Waals surface area contributed by atoms with Gasteiger partial charge in [-0.05, 0) is 45.2 Å². The molecule has 3 unspecified atom stereocenters. The number of anilines is 1. The summed E-state index contributed by atoms with van der Waals surface area (Å²) in [7, 11) is 0. The van der Waals surface area contributed by atoms with Crippen molar-refractivity contribution in [1.29, 1.82) is 0 Å². The number of aromatic nitrogens is 2. The number of nitrogens with zero attached hydrogens (tertiary/aromatic N) is 4. The number of fused-ring (bicyclic) bond motifs is 1. The van der Waals surface area contributed by atoms with Gasteiger partial charge >= 0.3 is 0 Å². The first-order valence-corrected chi connectivity index (χ1v) is 11.5. The second kappa shape index (κ2) is 9.16. The molecule has 0 aliphatic carbocycles. The van der Waals surface area contributed by atoms with Crippen molar-refractivity contribution in [3.05, 3.63) is 41.6 Å². The summed E-state index contributed by atoms with van der Waals surface area (Å²) in [6.45, 7) is 11.0. The van der Waals surface area contributed by atoms with Crippen molar-refractivity contribution in [2.45, 2.75) is 77.7 Å². The van der Waals surface area contributed by atoms with Crippen LogP contribution in [0, 0.1) is 0 Å². The molecule has 3 atom stereocenters. The summed E-state index contributed by atoms with van der Waals surface area (Å²) in [4.78, 5) is 4.45. The molecule has 8 nitrogen and oxygen atoms in total. The number of nitrogens with two attached hydrogens (primary N) is 2. The summed E-state index contributed by atoms with van der Waals surface area (Å²) in [5.41, 5.74) is 16.0. The van der Waals surface area contributed by atoms with Gasteiger partial charge in [0.2, 0.25) is 0 Å². The molecule has 5 N–H and O–H groups in total. The predicted molar refractivity (Wildman–Crippen MR) is 124 cm³/mol. The predicted octanol–water partition coefficient (Wildman–Crippen LogP) is 2.53. The van der Waals surface area contributed by atoms with Crippen molar-refractivity contribution < 1.29 is 4.74 Å². The van der Waals surface area contributed by atoms with Crippen LogP contribution in [0.15, 0.2) is 30.5 Å². The molecule has 0 spiro atoms. The topological polar surface area (TPSA) is 97.6 Å². The van der Waals surface area contributed by atoms with Gasteiger partial charge in [-0.25, -0.2) is 9.58 Å². The highest BCUT2D eigenvalue weighted by atomic mass is 16.5. The summed E-state index contributed by atoms with van der Waals surface area (Å²) in [6.07, 6.45) is 3.48. The van der Waals surface area contributed by atoms with Crippen molar-refractivity contribution in [1.82, 2.24) is 20.0 Å². The van der Waals surface area contributed by atoms with Crippen LogP contribution >= 0.6 is 0 Å². The summed E-state index contributed by atoms with van der Waals surface area (Å²) in [5, 5.41) is 8.24. The van der Waals surface area contributed by atoms with Crippen molar-refractivity contribution in [3.8, 4) is 5.75 Å². The molecule has 2 aliphatic heterocycles. The van der Waals surface area contributed by atoms with E-state index in [0.29, 0.717) is 18.5 Å². The summed E-state index contributed by atoms with van der Waals surface area (Å²) < 4.78 is 7.99. The highest BCUT2D eigenvalue weighted by Gasteiger charge is 2.41. The van der Waals surface area contributed by atoms with Gasteiger partial charge in [0.15, 0.2) is 6.29 Å². The van der Waals surface area contributed by atoms with Crippen molar-refractivity contribution >= 4 is 5.82 Å². The first-order valence-electron chi connectivity index (χ1n) is 11.5. The lowest BCUT2D eigenvalue weighted by molar-refractivity contribution is 0.0440. The van der Waals surface area contributed by atoms with Gasteiger partial charge in [-0.3, -0.25) is 11.5 Å². The van der Waals surface area contributed by atoms with Crippen LogP contribution in [-0.2, 0) is 6.54 Å². The fourth-order valence-electron chi connectivity index (χ4n) is 4.67. The van der Waals surface area contributed by atoms with Crippen LogP contribution in [0.3, 0.4) is 0 Å². The van der Waals surface area contributed by atoms with E-state index in [0.717, 1.165) is 43.1 Å². The number of nitrogens with one attached hydrogen (secondary N) is 1. The van der Waals surface area contributed by atoms with Gasteiger partial charge in [-0.1, -0.05) is 32.0 Å². The van der Waals surface area contributed by atoms with Crippen LogP contribution in [0.5, 0.6) is 5.75 Å². The van der Waals surface area contributed by atoms with E-state index in [4.69, 9.17) is 21.3 Å². The largest absolute Gasteiger partial charge is 0.491 e. The van der Waals surface area contributed by atoms with E-state index >= 15 is 0 Å². The molecule has 1 aromatic heterocycles. The lowest BCUT2D eigenvalue weighted by atomic mass is 10.0. The maximum absolute atomic E-state index is 6.95. The van der Waals surface area contributed by atoms with E-state index in [1.54, 1.807) is 0 Å². The molecule has 4 rings (SSSR count). The van der Waals surface area contributed by atoms with Crippen LogP contribution in [-0.4, -0.2) is 46.2 Å². The molecule has 2 aromatic rings. The molecule has 8 heteroatoms. The minimum absolute atomic E-state index is 0.0981. The smallest absolute Gasteiger partial charge is 0.160 e. The number of piperidine rings is 1. The molecule has 0 amide bonds. The Hall–Kier alpha value is -2.13.